The number of ether oxygens (including phenoxy) is 1. The highest BCUT2D eigenvalue weighted by molar-refractivity contribution is 5.93. The van der Waals surface area contributed by atoms with Crippen LogP contribution in [0.5, 0.6) is 5.75 Å². The largest absolute Gasteiger partial charge is 0.479 e. The van der Waals surface area contributed by atoms with E-state index in [2.05, 4.69) is 5.32 Å². The molecule has 6 nitrogen and oxygen atoms in total. The van der Waals surface area contributed by atoms with Gasteiger partial charge in [0.05, 0.1) is 5.39 Å². The van der Waals surface area contributed by atoms with Gasteiger partial charge in [0.2, 0.25) is 0 Å². The molecule has 0 bridgehead atoms. The van der Waals surface area contributed by atoms with E-state index >= 15 is 0 Å². The number of amides is 1. The van der Waals surface area contributed by atoms with Gasteiger partial charge in [-0.3, -0.25) is 9.59 Å². The molecule has 25 heavy (non-hydrogen) atoms. The zero-order valence-corrected chi connectivity index (χ0v) is 13.9. The molecule has 0 saturated heterocycles. The molecule has 0 aliphatic heterocycles. The first-order valence-electron chi connectivity index (χ1n) is 8.53. The molecule has 0 unspecified atom stereocenters. The molecule has 1 aromatic carbocycles. The molecule has 130 valence electrons. The van der Waals surface area contributed by atoms with Crippen LogP contribution in [0.1, 0.15) is 42.7 Å². The fourth-order valence-electron chi connectivity index (χ4n) is 3.17. The highest BCUT2D eigenvalue weighted by Crippen LogP contribution is 2.23. The van der Waals surface area contributed by atoms with Crippen LogP contribution in [0.25, 0.3) is 11.0 Å². The SMILES string of the molecule is N#CCOc1ccc2oc(C(=O)NCC3CCCCC3)cc(=O)c2c1. The van der Waals surface area contributed by atoms with Crippen molar-refractivity contribution < 1.29 is 13.9 Å². The zero-order valence-electron chi connectivity index (χ0n) is 13.9. The number of hydrogen-bond acceptors (Lipinski definition) is 5. The Kier molecular flexibility index (Phi) is 5.34. The molecule has 1 aliphatic carbocycles. The maximum atomic E-state index is 12.3. The zero-order chi connectivity index (χ0) is 17.6. The molecule has 6 heteroatoms. The Hall–Kier alpha value is -2.81. The maximum absolute atomic E-state index is 12.3. The van der Waals surface area contributed by atoms with Crippen LogP contribution in [0.3, 0.4) is 0 Å². The summed E-state index contributed by atoms with van der Waals surface area (Å²) in [6.07, 6.45) is 5.95. The van der Waals surface area contributed by atoms with E-state index in [4.69, 9.17) is 14.4 Å². The number of fused-ring (bicyclic) bond motifs is 1. The Morgan fingerprint density at radius 2 is 2.08 bits per heavy atom. The highest BCUT2D eigenvalue weighted by atomic mass is 16.5. The van der Waals surface area contributed by atoms with Crippen LogP contribution in [-0.4, -0.2) is 19.1 Å². The van der Waals surface area contributed by atoms with Crippen LogP contribution in [-0.2, 0) is 0 Å². The Labute approximate surface area is 145 Å². The number of carbonyl (C=O) groups is 1. The van der Waals surface area contributed by atoms with Crippen molar-refractivity contribution >= 4 is 16.9 Å². The van der Waals surface area contributed by atoms with E-state index < -0.39 is 0 Å². The molecule has 1 saturated carbocycles. The van der Waals surface area contributed by atoms with Crippen LogP contribution >= 0.6 is 0 Å². The lowest BCUT2D eigenvalue weighted by Gasteiger charge is -2.21. The third-order valence-electron chi connectivity index (χ3n) is 4.50. The van der Waals surface area contributed by atoms with Gasteiger partial charge in [0, 0.05) is 12.6 Å². The first-order valence-corrected chi connectivity index (χ1v) is 8.53. The summed E-state index contributed by atoms with van der Waals surface area (Å²) < 4.78 is 10.8. The minimum Gasteiger partial charge on any atom is -0.479 e. The van der Waals surface area contributed by atoms with Gasteiger partial charge < -0.3 is 14.5 Å². The van der Waals surface area contributed by atoms with Crippen molar-refractivity contribution in [3.8, 4) is 11.8 Å². The number of carbonyl (C=O) groups excluding carboxylic acids is 1. The summed E-state index contributed by atoms with van der Waals surface area (Å²) in [4.78, 5) is 24.6. The summed E-state index contributed by atoms with van der Waals surface area (Å²) >= 11 is 0. The molecule has 3 rings (SSSR count). The van der Waals surface area contributed by atoms with Gasteiger partial charge in [-0.05, 0) is 37.0 Å². The summed E-state index contributed by atoms with van der Waals surface area (Å²) in [7, 11) is 0. The van der Waals surface area contributed by atoms with E-state index in [0.717, 1.165) is 12.8 Å². The molecule has 1 N–H and O–H groups in total. The van der Waals surface area contributed by atoms with Crippen molar-refractivity contribution in [3.63, 3.8) is 0 Å². The van der Waals surface area contributed by atoms with Crippen LogP contribution in [0, 0.1) is 17.2 Å². The normalized spacial score (nSPS) is 14.8. The Balaban J connectivity index is 1.74. The minimum absolute atomic E-state index is 0.0130. The molecule has 1 fully saturated rings. The Bertz CT molecular complexity index is 860. The third kappa shape index (κ3) is 4.18. The fourth-order valence-corrected chi connectivity index (χ4v) is 3.17. The van der Waals surface area contributed by atoms with Crippen LogP contribution in [0.2, 0.25) is 0 Å². The van der Waals surface area contributed by atoms with E-state index in [1.54, 1.807) is 12.1 Å². The van der Waals surface area contributed by atoms with Gasteiger partial charge in [-0.1, -0.05) is 19.3 Å². The van der Waals surface area contributed by atoms with Crippen LogP contribution < -0.4 is 15.5 Å². The van der Waals surface area contributed by atoms with Gasteiger partial charge in [-0.2, -0.15) is 5.26 Å². The second kappa shape index (κ2) is 7.84. The highest BCUT2D eigenvalue weighted by Gasteiger charge is 2.17. The number of nitriles is 1. The van der Waals surface area contributed by atoms with Gasteiger partial charge in [-0.15, -0.1) is 0 Å². The average molecular weight is 340 g/mol. The first-order chi connectivity index (χ1) is 12.2. The maximum Gasteiger partial charge on any atom is 0.287 e. The summed E-state index contributed by atoms with van der Waals surface area (Å²) in [6.45, 7) is 0.514. The molecule has 2 aromatic rings. The smallest absolute Gasteiger partial charge is 0.287 e. The predicted octanol–water partition coefficient (Wildman–Crippen LogP) is 3.01. The molecule has 1 aromatic heterocycles. The first kappa shape index (κ1) is 17.0. The quantitative estimate of drug-likeness (QED) is 0.903. The lowest BCUT2D eigenvalue weighted by atomic mass is 9.89. The fraction of sp³-hybridized carbons (Fsp3) is 0.421. The molecule has 0 radical (unpaired) electrons. The van der Waals surface area contributed by atoms with Gasteiger partial charge in [0.25, 0.3) is 5.91 Å². The number of benzene rings is 1. The van der Waals surface area contributed by atoms with Crippen molar-refractivity contribution in [3.05, 3.63) is 40.2 Å². The topological polar surface area (TPSA) is 92.3 Å². The summed E-state index contributed by atoms with van der Waals surface area (Å²) in [5.74, 6) is 0.564. The molecular weight excluding hydrogens is 320 g/mol. The second-order valence-electron chi connectivity index (χ2n) is 6.29. The lowest BCUT2D eigenvalue weighted by Crippen LogP contribution is -2.30. The van der Waals surface area contributed by atoms with Gasteiger partial charge in [-0.25, -0.2) is 0 Å². The van der Waals surface area contributed by atoms with E-state index in [-0.39, 0.29) is 23.7 Å². The molecule has 1 aliphatic rings. The van der Waals surface area contributed by atoms with Gasteiger partial charge in [0.15, 0.2) is 17.8 Å². The number of hydrogen-bond donors (Lipinski definition) is 1. The minimum atomic E-state index is -0.366. The Morgan fingerprint density at radius 3 is 2.84 bits per heavy atom. The van der Waals surface area contributed by atoms with E-state index in [9.17, 15) is 9.59 Å². The third-order valence-corrected chi connectivity index (χ3v) is 4.50. The molecule has 0 atom stereocenters. The van der Waals surface area contributed by atoms with Gasteiger partial charge in [0.1, 0.15) is 17.4 Å². The predicted molar refractivity (Wildman–Crippen MR) is 92.5 cm³/mol. The van der Waals surface area contributed by atoms with Crippen molar-refractivity contribution in [1.82, 2.24) is 5.32 Å². The molecular formula is C19H20N2O4. The summed E-state index contributed by atoms with van der Waals surface area (Å²) in [5, 5.41) is 11.7. The molecule has 0 spiro atoms. The second-order valence-corrected chi connectivity index (χ2v) is 6.29. The molecule has 1 amide bonds. The van der Waals surface area contributed by atoms with Crippen LogP contribution in [0.15, 0.2) is 33.5 Å². The standard InChI is InChI=1S/C19H20N2O4/c20-8-9-24-14-6-7-17-15(10-14)16(22)11-18(25-17)19(23)21-12-13-4-2-1-3-5-13/h6-7,10-11,13H,1-5,9,12H2,(H,21,23). The lowest BCUT2D eigenvalue weighted by molar-refractivity contribution is 0.0916. The van der Waals surface area contributed by atoms with E-state index in [0.29, 0.717) is 29.2 Å². The van der Waals surface area contributed by atoms with Crippen molar-refractivity contribution in [1.29, 1.82) is 5.26 Å². The number of rotatable bonds is 5. The van der Waals surface area contributed by atoms with Gasteiger partial charge >= 0.3 is 0 Å². The average Bonchev–Trinajstić information content (AvgIpc) is 2.65. The molecule has 1 heterocycles. The summed E-state index contributed by atoms with van der Waals surface area (Å²) in [6, 6.07) is 7.76. The Morgan fingerprint density at radius 1 is 1.28 bits per heavy atom. The van der Waals surface area contributed by atoms with E-state index in [1.807, 2.05) is 6.07 Å². The van der Waals surface area contributed by atoms with E-state index in [1.165, 1.54) is 31.4 Å². The van der Waals surface area contributed by atoms with Crippen molar-refractivity contribution in [2.24, 2.45) is 5.92 Å². The number of nitrogens with zero attached hydrogens (tertiary/aromatic N) is 1. The monoisotopic (exact) mass is 340 g/mol. The van der Waals surface area contributed by atoms with Crippen LogP contribution in [0.4, 0.5) is 0 Å². The van der Waals surface area contributed by atoms with Crippen molar-refractivity contribution in [2.45, 2.75) is 32.1 Å². The number of nitrogens with one attached hydrogen (secondary N) is 1. The van der Waals surface area contributed by atoms with Crippen molar-refractivity contribution in [2.75, 3.05) is 13.2 Å². The summed E-state index contributed by atoms with van der Waals surface area (Å²) in [5.41, 5.74) is 0.00565.